The lowest BCUT2D eigenvalue weighted by molar-refractivity contribution is -0.149. The number of nitrogens with zero attached hydrogens (tertiary/aromatic N) is 3. The summed E-state index contributed by atoms with van der Waals surface area (Å²) >= 11 is 0. The van der Waals surface area contributed by atoms with Gasteiger partial charge in [0.2, 0.25) is 17.7 Å². The fraction of sp³-hybridized carbons (Fsp3) is 0.739. The average Bonchev–Trinajstić information content (AvgIpc) is 2.77. The van der Waals surface area contributed by atoms with Gasteiger partial charge in [0.15, 0.2) is 0 Å². The third-order valence-electron chi connectivity index (χ3n) is 5.77. The number of carbonyl (C=O) groups excluding carboxylic acids is 5. The van der Waals surface area contributed by atoms with E-state index in [1.807, 2.05) is 20.1 Å². The number of hydrogen-bond acceptors (Lipinski definition) is 7. The zero-order chi connectivity index (χ0) is 25.8. The number of amides is 4. The molecule has 0 aromatic heterocycles. The molecule has 1 unspecified atom stereocenters. The standard InChI is InChI=1S/C23H40N6O5/c1-15(2)7-10-21(32)27-18(9-8-16(3)30)22(33)29(25)19(12-17-6-5-11-26-13-17)23(34)28(4)14-20(24)31/h11,15,17-19H,5-10,12-14,25H2,1-4H3,(H2,24,31)(H,27,32)/t17?,18-,19+/m0/s1. The molecular weight excluding hydrogens is 440 g/mol. The summed E-state index contributed by atoms with van der Waals surface area (Å²) in [5.41, 5.74) is 5.23. The molecule has 0 bridgehead atoms. The first kappa shape index (κ1) is 29.2. The number of hydrogen-bond donors (Lipinski definition) is 3. The van der Waals surface area contributed by atoms with Gasteiger partial charge in [-0.25, -0.2) is 5.84 Å². The van der Waals surface area contributed by atoms with Gasteiger partial charge in [0, 0.05) is 26.4 Å². The van der Waals surface area contributed by atoms with Crippen LogP contribution in [-0.2, 0) is 24.0 Å². The molecule has 34 heavy (non-hydrogen) atoms. The number of likely N-dealkylation sites (N-methyl/N-ethyl adjacent to an activating group) is 1. The van der Waals surface area contributed by atoms with Crippen molar-refractivity contribution < 1.29 is 24.0 Å². The van der Waals surface area contributed by atoms with E-state index in [0.29, 0.717) is 18.9 Å². The van der Waals surface area contributed by atoms with Crippen molar-refractivity contribution >= 4 is 35.6 Å². The molecule has 3 atom stereocenters. The monoisotopic (exact) mass is 480 g/mol. The zero-order valence-electron chi connectivity index (χ0n) is 20.8. The van der Waals surface area contributed by atoms with Gasteiger partial charge in [0.05, 0.1) is 6.54 Å². The summed E-state index contributed by atoms with van der Waals surface area (Å²) in [6, 6.07) is -2.11. The summed E-state index contributed by atoms with van der Waals surface area (Å²) in [7, 11) is 1.42. The Labute approximate surface area is 201 Å². The molecule has 1 aliphatic heterocycles. The van der Waals surface area contributed by atoms with Crippen LogP contribution in [-0.4, -0.2) is 77.8 Å². The number of nitrogens with two attached hydrogens (primary N) is 2. The van der Waals surface area contributed by atoms with E-state index >= 15 is 0 Å². The molecular formula is C23H40N6O5. The number of Topliss-reactive ketones (excluding diaryl/α,β-unsaturated/α-hetero) is 1. The average molecular weight is 481 g/mol. The number of nitrogens with one attached hydrogen (secondary N) is 1. The predicted molar refractivity (Wildman–Crippen MR) is 128 cm³/mol. The topological polar surface area (TPSA) is 168 Å². The van der Waals surface area contributed by atoms with Gasteiger partial charge in [0.25, 0.3) is 5.91 Å². The van der Waals surface area contributed by atoms with Crippen molar-refractivity contribution in [2.75, 3.05) is 20.1 Å². The van der Waals surface area contributed by atoms with Crippen molar-refractivity contribution in [3.05, 3.63) is 0 Å². The van der Waals surface area contributed by atoms with Crippen LogP contribution in [0, 0.1) is 11.8 Å². The molecule has 1 aliphatic rings. The lowest BCUT2D eigenvalue weighted by Gasteiger charge is -2.34. The molecule has 4 amide bonds. The number of carbonyl (C=O) groups is 5. The quantitative estimate of drug-likeness (QED) is 0.182. The normalized spacial score (nSPS) is 17.1. The molecule has 0 aliphatic carbocycles. The number of ketones is 1. The Morgan fingerprint density at radius 2 is 1.79 bits per heavy atom. The van der Waals surface area contributed by atoms with E-state index in [-0.39, 0.29) is 49.8 Å². The fourth-order valence-corrected chi connectivity index (χ4v) is 3.75. The van der Waals surface area contributed by atoms with E-state index < -0.39 is 29.8 Å². The molecule has 11 nitrogen and oxygen atoms in total. The minimum Gasteiger partial charge on any atom is -0.368 e. The van der Waals surface area contributed by atoms with Crippen LogP contribution in [0.5, 0.6) is 0 Å². The molecule has 0 radical (unpaired) electrons. The van der Waals surface area contributed by atoms with E-state index in [2.05, 4.69) is 10.3 Å². The van der Waals surface area contributed by atoms with Crippen LogP contribution in [0.15, 0.2) is 4.99 Å². The molecule has 0 aromatic rings. The number of aliphatic imine (C=N–C) groups is 1. The molecule has 192 valence electrons. The Morgan fingerprint density at radius 3 is 2.32 bits per heavy atom. The van der Waals surface area contributed by atoms with Crippen LogP contribution < -0.4 is 16.9 Å². The van der Waals surface area contributed by atoms with E-state index in [1.165, 1.54) is 14.0 Å². The first-order chi connectivity index (χ1) is 15.9. The highest BCUT2D eigenvalue weighted by Gasteiger charge is 2.36. The Morgan fingerprint density at radius 1 is 1.12 bits per heavy atom. The summed E-state index contributed by atoms with van der Waals surface area (Å²) in [4.78, 5) is 67.2. The Bertz CT molecular complexity index is 769. The molecule has 0 spiro atoms. The van der Waals surface area contributed by atoms with Crippen molar-refractivity contribution in [3.63, 3.8) is 0 Å². The van der Waals surface area contributed by atoms with E-state index in [4.69, 9.17) is 11.6 Å². The van der Waals surface area contributed by atoms with Gasteiger partial charge in [-0.1, -0.05) is 13.8 Å². The third-order valence-corrected chi connectivity index (χ3v) is 5.77. The molecule has 1 heterocycles. The SMILES string of the molecule is CC(=O)CC[C@H](NC(=O)CCC(C)C)C(=O)N(N)[C@H](CC1CCC=NC1)C(=O)N(C)CC(N)=O. The van der Waals surface area contributed by atoms with Gasteiger partial charge in [-0.15, -0.1) is 0 Å². The molecule has 0 saturated carbocycles. The highest BCUT2D eigenvalue weighted by Crippen LogP contribution is 2.21. The van der Waals surface area contributed by atoms with Crippen LogP contribution >= 0.6 is 0 Å². The largest absolute Gasteiger partial charge is 0.368 e. The van der Waals surface area contributed by atoms with Crippen molar-refractivity contribution in [1.82, 2.24) is 15.2 Å². The van der Waals surface area contributed by atoms with Gasteiger partial charge in [0.1, 0.15) is 17.9 Å². The molecule has 5 N–H and O–H groups in total. The molecule has 0 saturated heterocycles. The maximum absolute atomic E-state index is 13.3. The molecule has 0 fully saturated rings. The fourth-order valence-electron chi connectivity index (χ4n) is 3.75. The maximum atomic E-state index is 13.3. The molecule has 1 rings (SSSR count). The van der Waals surface area contributed by atoms with E-state index in [0.717, 1.165) is 22.8 Å². The lowest BCUT2D eigenvalue weighted by atomic mass is 9.92. The van der Waals surface area contributed by atoms with Crippen molar-refractivity contribution in [2.45, 2.75) is 77.8 Å². The Kier molecular flexibility index (Phi) is 12.4. The highest BCUT2D eigenvalue weighted by molar-refractivity contribution is 5.93. The summed E-state index contributed by atoms with van der Waals surface area (Å²) < 4.78 is 0. The van der Waals surface area contributed by atoms with Gasteiger partial charge >= 0.3 is 0 Å². The number of hydrazine groups is 1. The second-order valence-corrected chi connectivity index (χ2v) is 9.44. The first-order valence-electron chi connectivity index (χ1n) is 11.8. The third kappa shape index (κ3) is 10.4. The number of primary amides is 1. The van der Waals surface area contributed by atoms with E-state index in [9.17, 15) is 24.0 Å². The summed E-state index contributed by atoms with van der Waals surface area (Å²) in [6.07, 6.45) is 4.64. The van der Waals surface area contributed by atoms with Gasteiger partial charge in [-0.2, -0.15) is 0 Å². The zero-order valence-corrected chi connectivity index (χ0v) is 20.8. The Hall–Kier alpha value is -2.82. The van der Waals surface area contributed by atoms with Crippen molar-refractivity contribution in [1.29, 1.82) is 0 Å². The molecule has 0 aromatic carbocycles. The van der Waals surface area contributed by atoms with Gasteiger partial charge < -0.3 is 20.7 Å². The first-order valence-corrected chi connectivity index (χ1v) is 11.8. The van der Waals surface area contributed by atoms with Gasteiger partial charge in [-0.05, 0) is 57.1 Å². The van der Waals surface area contributed by atoms with E-state index in [1.54, 1.807) is 0 Å². The van der Waals surface area contributed by atoms with Crippen LogP contribution in [0.1, 0.15) is 65.7 Å². The minimum absolute atomic E-state index is 0.0241. The van der Waals surface area contributed by atoms with Crippen LogP contribution in [0.2, 0.25) is 0 Å². The summed E-state index contributed by atoms with van der Waals surface area (Å²) in [5.74, 6) is 4.20. The summed E-state index contributed by atoms with van der Waals surface area (Å²) in [5, 5.41) is 3.52. The second-order valence-electron chi connectivity index (χ2n) is 9.44. The minimum atomic E-state index is -1.07. The van der Waals surface area contributed by atoms with Gasteiger partial charge in [-0.3, -0.25) is 29.2 Å². The highest BCUT2D eigenvalue weighted by atomic mass is 16.2. The van der Waals surface area contributed by atoms with Crippen LogP contribution in [0.4, 0.5) is 0 Å². The van der Waals surface area contributed by atoms with Crippen LogP contribution in [0.25, 0.3) is 0 Å². The maximum Gasteiger partial charge on any atom is 0.259 e. The summed E-state index contributed by atoms with van der Waals surface area (Å²) in [6.45, 7) is 5.56. The predicted octanol–water partition coefficient (Wildman–Crippen LogP) is 0.162. The van der Waals surface area contributed by atoms with Crippen molar-refractivity contribution in [3.8, 4) is 0 Å². The molecule has 11 heteroatoms. The van der Waals surface area contributed by atoms with Crippen molar-refractivity contribution in [2.24, 2.45) is 28.4 Å². The second kappa shape index (κ2) is 14.4. The lowest BCUT2D eigenvalue weighted by Crippen LogP contribution is -2.60. The van der Waals surface area contributed by atoms with Crippen LogP contribution in [0.3, 0.4) is 0 Å². The number of rotatable bonds is 14. The smallest absolute Gasteiger partial charge is 0.259 e. The Balaban J connectivity index is 3.09.